The average molecular weight is 395 g/mol. The van der Waals surface area contributed by atoms with Gasteiger partial charge in [0.1, 0.15) is 0 Å². The van der Waals surface area contributed by atoms with E-state index in [4.69, 9.17) is 23.2 Å². The fourth-order valence-electron chi connectivity index (χ4n) is 2.96. The van der Waals surface area contributed by atoms with E-state index in [1.165, 1.54) is 13.8 Å². The van der Waals surface area contributed by atoms with Gasteiger partial charge in [0.2, 0.25) is 0 Å². The van der Waals surface area contributed by atoms with Crippen LogP contribution in [0.3, 0.4) is 0 Å². The van der Waals surface area contributed by atoms with Crippen LogP contribution in [0.1, 0.15) is 45.7 Å². The van der Waals surface area contributed by atoms with Crippen molar-refractivity contribution in [3.05, 3.63) is 68.7 Å². The summed E-state index contributed by atoms with van der Waals surface area (Å²) in [5.41, 5.74) is -0.535. The van der Waals surface area contributed by atoms with Crippen LogP contribution in [-0.2, 0) is 11.4 Å². The molecule has 0 spiro atoms. The maximum absolute atomic E-state index is 11.3. The average Bonchev–Trinajstić information content (AvgIpc) is 2.89. The number of fused-ring (bicyclic) bond motifs is 2. The highest BCUT2D eigenvalue weighted by Gasteiger charge is 2.37. The quantitative estimate of drug-likeness (QED) is 0.551. The van der Waals surface area contributed by atoms with Gasteiger partial charge in [-0.15, -0.1) is 0 Å². The monoisotopic (exact) mass is 394 g/mol. The van der Waals surface area contributed by atoms with E-state index in [0.717, 1.165) is 0 Å². The van der Waals surface area contributed by atoms with Gasteiger partial charge in [0.15, 0.2) is 11.4 Å². The van der Waals surface area contributed by atoms with Crippen LogP contribution in [-0.4, -0.2) is 22.0 Å². The molecule has 2 aromatic carbocycles. The fraction of sp³-hybridized carbons (Fsp3) is 0.222. The highest BCUT2D eigenvalue weighted by molar-refractivity contribution is 6.31. The summed E-state index contributed by atoms with van der Waals surface area (Å²) in [6.45, 7) is 3.05. The standard InChI is InChI=1S/2C9H8ClNO2/c1-9(13)7-3-2-5(10)4-6(7)8(12)11-9;1-9(13)7-4-5(10)2-3-6(7)8(12)11-9/h2*2-4,13H,1H3,(H,11,12). The van der Waals surface area contributed by atoms with Gasteiger partial charge in [0.25, 0.3) is 11.8 Å². The second-order valence-corrected chi connectivity index (χ2v) is 7.31. The number of hydrogen-bond acceptors (Lipinski definition) is 4. The Kier molecular flexibility index (Phi) is 4.48. The highest BCUT2D eigenvalue weighted by Crippen LogP contribution is 2.31. The molecule has 2 unspecified atom stereocenters. The van der Waals surface area contributed by atoms with E-state index < -0.39 is 11.4 Å². The van der Waals surface area contributed by atoms with E-state index in [1.54, 1.807) is 36.4 Å². The minimum Gasteiger partial charge on any atom is -0.367 e. The van der Waals surface area contributed by atoms with E-state index in [0.29, 0.717) is 32.3 Å². The molecule has 0 saturated carbocycles. The van der Waals surface area contributed by atoms with E-state index >= 15 is 0 Å². The summed E-state index contributed by atoms with van der Waals surface area (Å²) < 4.78 is 0. The molecule has 8 heteroatoms. The number of carbonyl (C=O) groups is 2. The molecule has 26 heavy (non-hydrogen) atoms. The van der Waals surface area contributed by atoms with Crippen molar-refractivity contribution in [1.82, 2.24) is 10.6 Å². The van der Waals surface area contributed by atoms with E-state index in [-0.39, 0.29) is 11.8 Å². The van der Waals surface area contributed by atoms with Crippen LogP contribution >= 0.6 is 23.2 Å². The summed E-state index contributed by atoms with van der Waals surface area (Å²) in [7, 11) is 0. The zero-order valence-electron chi connectivity index (χ0n) is 13.9. The van der Waals surface area contributed by atoms with Gasteiger partial charge >= 0.3 is 0 Å². The first kappa shape index (κ1) is 18.7. The predicted octanol–water partition coefficient (Wildman–Crippen LogP) is 2.50. The van der Waals surface area contributed by atoms with Crippen molar-refractivity contribution in [3.63, 3.8) is 0 Å². The Bertz CT molecular complexity index is 925. The summed E-state index contributed by atoms with van der Waals surface area (Å²) in [6.07, 6.45) is 0. The third-order valence-electron chi connectivity index (χ3n) is 4.22. The lowest BCUT2D eigenvalue weighted by Crippen LogP contribution is -2.35. The smallest absolute Gasteiger partial charge is 0.254 e. The summed E-state index contributed by atoms with van der Waals surface area (Å²) in [6, 6.07) is 9.67. The summed E-state index contributed by atoms with van der Waals surface area (Å²) in [4.78, 5) is 22.6. The van der Waals surface area contributed by atoms with Gasteiger partial charge in [-0.2, -0.15) is 0 Å². The Morgan fingerprint density at radius 2 is 1.27 bits per heavy atom. The minimum absolute atomic E-state index is 0.267. The molecule has 2 aliphatic heterocycles. The van der Waals surface area contributed by atoms with Crippen molar-refractivity contribution in [2.24, 2.45) is 0 Å². The number of benzene rings is 2. The lowest BCUT2D eigenvalue weighted by molar-refractivity contribution is 0.0290. The largest absolute Gasteiger partial charge is 0.367 e. The van der Waals surface area contributed by atoms with Crippen molar-refractivity contribution in [2.45, 2.75) is 25.3 Å². The topological polar surface area (TPSA) is 98.7 Å². The number of aliphatic hydroxyl groups is 2. The van der Waals surface area contributed by atoms with Crippen LogP contribution in [0.15, 0.2) is 36.4 Å². The van der Waals surface area contributed by atoms with Gasteiger partial charge in [0.05, 0.1) is 0 Å². The predicted molar refractivity (Wildman–Crippen MR) is 97.0 cm³/mol. The zero-order chi connectivity index (χ0) is 19.3. The van der Waals surface area contributed by atoms with Gasteiger partial charge in [-0.25, -0.2) is 0 Å². The minimum atomic E-state index is -1.29. The van der Waals surface area contributed by atoms with Crippen LogP contribution in [0.2, 0.25) is 10.0 Å². The van der Waals surface area contributed by atoms with Crippen molar-refractivity contribution in [3.8, 4) is 0 Å². The number of carbonyl (C=O) groups excluding carboxylic acids is 2. The Hall–Kier alpha value is -2.12. The molecule has 0 fully saturated rings. The maximum atomic E-state index is 11.3. The molecule has 4 rings (SSSR count). The molecular weight excluding hydrogens is 379 g/mol. The molecule has 2 aliphatic rings. The molecule has 2 heterocycles. The second kappa shape index (κ2) is 6.25. The van der Waals surface area contributed by atoms with E-state index in [2.05, 4.69) is 10.6 Å². The molecule has 2 amide bonds. The third-order valence-corrected chi connectivity index (χ3v) is 4.69. The molecule has 136 valence electrons. The van der Waals surface area contributed by atoms with Crippen molar-refractivity contribution in [2.75, 3.05) is 0 Å². The van der Waals surface area contributed by atoms with Gasteiger partial charge in [-0.05, 0) is 44.2 Å². The molecular formula is C18H16Cl2N2O4. The van der Waals surface area contributed by atoms with Gasteiger partial charge in [0, 0.05) is 32.3 Å². The van der Waals surface area contributed by atoms with Gasteiger partial charge in [-0.1, -0.05) is 29.3 Å². The molecule has 0 aliphatic carbocycles. The first-order valence-corrected chi connectivity index (χ1v) is 8.47. The summed E-state index contributed by atoms with van der Waals surface area (Å²) >= 11 is 11.5. The lowest BCUT2D eigenvalue weighted by atomic mass is 10.0. The lowest BCUT2D eigenvalue weighted by Gasteiger charge is -2.17. The van der Waals surface area contributed by atoms with Crippen LogP contribution in [0.5, 0.6) is 0 Å². The molecule has 4 N–H and O–H groups in total. The SMILES string of the molecule is CC1(O)NC(=O)c2cc(Cl)ccc21.CC1(O)NC(=O)c2ccc(Cl)cc21. The Balaban J connectivity index is 0.000000151. The van der Waals surface area contributed by atoms with E-state index in [1.807, 2.05) is 0 Å². The van der Waals surface area contributed by atoms with Crippen LogP contribution in [0, 0.1) is 0 Å². The molecule has 0 radical (unpaired) electrons. The van der Waals surface area contributed by atoms with Crippen LogP contribution in [0.25, 0.3) is 0 Å². The molecule has 0 bridgehead atoms. The van der Waals surface area contributed by atoms with Crippen LogP contribution < -0.4 is 10.6 Å². The highest BCUT2D eigenvalue weighted by atomic mass is 35.5. The first-order chi connectivity index (χ1) is 12.0. The Labute approximate surface area is 159 Å². The van der Waals surface area contributed by atoms with Crippen molar-refractivity contribution >= 4 is 35.0 Å². The second-order valence-electron chi connectivity index (χ2n) is 6.43. The number of hydrogen-bond donors (Lipinski definition) is 4. The maximum Gasteiger partial charge on any atom is 0.254 e. The number of rotatable bonds is 0. The fourth-order valence-corrected chi connectivity index (χ4v) is 3.30. The van der Waals surface area contributed by atoms with E-state index in [9.17, 15) is 19.8 Å². The molecule has 2 aromatic rings. The molecule has 2 atom stereocenters. The molecule has 0 saturated heterocycles. The normalized spacial score (nSPS) is 25.6. The summed E-state index contributed by atoms with van der Waals surface area (Å²) in [5.74, 6) is -0.556. The Morgan fingerprint density at radius 3 is 1.92 bits per heavy atom. The van der Waals surface area contributed by atoms with Gasteiger partial charge in [-0.3, -0.25) is 9.59 Å². The zero-order valence-corrected chi connectivity index (χ0v) is 15.4. The first-order valence-electron chi connectivity index (χ1n) is 7.71. The number of nitrogens with one attached hydrogen (secondary N) is 2. The van der Waals surface area contributed by atoms with Crippen molar-refractivity contribution in [1.29, 1.82) is 0 Å². The third kappa shape index (κ3) is 3.29. The summed E-state index contributed by atoms with van der Waals surface area (Å²) in [5, 5.41) is 25.4. The van der Waals surface area contributed by atoms with Gasteiger partial charge < -0.3 is 20.8 Å². The number of amides is 2. The number of halogens is 2. The van der Waals surface area contributed by atoms with Crippen molar-refractivity contribution < 1.29 is 19.8 Å². The molecule has 0 aromatic heterocycles. The molecule has 6 nitrogen and oxygen atoms in total. The van der Waals surface area contributed by atoms with Crippen LogP contribution in [0.4, 0.5) is 0 Å². The Morgan fingerprint density at radius 1 is 0.769 bits per heavy atom.